The van der Waals surface area contributed by atoms with Crippen molar-refractivity contribution in [3.05, 3.63) is 12.2 Å². The second-order valence-corrected chi connectivity index (χ2v) is 4.33. The van der Waals surface area contributed by atoms with Gasteiger partial charge in [0.1, 0.15) is 12.9 Å². The number of nitrogens with one attached hydrogen (secondary N) is 1. The minimum absolute atomic E-state index is 0.315. The molecule has 2 unspecified atom stereocenters. The molecule has 0 aromatic carbocycles. The zero-order valence-electron chi connectivity index (χ0n) is 10.0. The summed E-state index contributed by atoms with van der Waals surface area (Å²) >= 11 is 0. The van der Waals surface area contributed by atoms with Crippen LogP contribution in [0, 0.1) is 0 Å². The lowest BCUT2D eigenvalue weighted by Gasteiger charge is -2.31. The van der Waals surface area contributed by atoms with Crippen molar-refractivity contribution in [1.82, 2.24) is 20.1 Å². The van der Waals surface area contributed by atoms with Crippen LogP contribution in [0.2, 0.25) is 0 Å². The molecule has 1 heterocycles. The smallest absolute Gasteiger partial charge is 0.152 e. The van der Waals surface area contributed by atoms with Gasteiger partial charge in [0.15, 0.2) is 5.82 Å². The summed E-state index contributed by atoms with van der Waals surface area (Å²) in [5.74, 6) is 0.889. The maximum absolute atomic E-state index is 5.93. The van der Waals surface area contributed by atoms with Crippen LogP contribution in [-0.2, 0) is 18.4 Å². The van der Waals surface area contributed by atoms with Crippen molar-refractivity contribution in [2.75, 3.05) is 7.05 Å². The molecule has 2 rings (SSSR count). The van der Waals surface area contributed by atoms with E-state index in [2.05, 4.69) is 15.4 Å². The van der Waals surface area contributed by atoms with Crippen LogP contribution in [0.25, 0.3) is 0 Å². The highest BCUT2D eigenvalue weighted by molar-refractivity contribution is 4.84. The van der Waals surface area contributed by atoms with Gasteiger partial charge in [-0.25, -0.2) is 4.98 Å². The van der Waals surface area contributed by atoms with Gasteiger partial charge >= 0.3 is 0 Å². The summed E-state index contributed by atoms with van der Waals surface area (Å²) in [5.41, 5.74) is 0. The van der Waals surface area contributed by atoms with Crippen molar-refractivity contribution >= 4 is 0 Å². The van der Waals surface area contributed by atoms with E-state index in [-0.39, 0.29) is 0 Å². The standard InChI is InChI=1S/C11H20N4O/c1-12-9-5-3-4-6-10(9)16-7-11-13-8-14-15(11)2/h8-10,12H,3-7H2,1-2H3. The normalized spacial score (nSPS) is 25.9. The van der Waals surface area contributed by atoms with Crippen molar-refractivity contribution in [3.63, 3.8) is 0 Å². The van der Waals surface area contributed by atoms with Gasteiger partial charge in [-0.05, 0) is 19.9 Å². The van der Waals surface area contributed by atoms with E-state index in [4.69, 9.17) is 4.74 Å². The van der Waals surface area contributed by atoms with Gasteiger partial charge in [0.25, 0.3) is 0 Å². The topological polar surface area (TPSA) is 52.0 Å². The van der Waals surface area contributed by atoms with Crippen molar-refractivity contribution in [2.45, 2.75) is 44.4 Å². The first-order chi connectivity index (χ1) is 7.81. The first kappa shape index (κ1) is 11.5. The number of hydrogen-bond acceptors (Lipinski definition) is 4. The first-order valence-corrected chi connectivity index (χ1v) is 5.93. The zero-order valence-corrected chi connectivity index (χ0v) is 10.0. The number of rotatable bonds is 4. The fraction of sp³-hybridized carbons (Fsp3) is 0.818. The molecule has 5 heteroatoms. The molecule has 2 atom stereocenters. The van der Waals surface area contributed by atoms with Gasteiger partial charge in [-0.15, -0.1) is 0 Å². The van der Waals surface area contributed by atoms with Crippen molar-refractivity contribution in [1.29, 1.82) is 0 Å². The average molecular weight is 224 g/mol. The van der Waals surface area contributed by atoms with Crippen LogP contribution in [0.5, 0.6) is 0 Å². The molecule has 0 saturated heterocycles. The number of aryl methyl sites for hydroxylation is 1. The van der Waals surface area contributed by atoms with Gasteiger partial charge in [0.05, 0.1) is 6.10 Å². The summed E-state index contributed by atoms with van der Waals surface area (Å²) in [6.45, 7) is 0.555. The molecule has 1 fully saturated rings. The largest absolute Gasteiger partial charge is 0.369 e. The highest BCUT2D eigenvalue weighted by Crippen LogP contribution is 2.21. The van der Waals surface area contributed by atoms with E-state index < -0.39 is 0 Å². The minimum Gasteiger partial charge on any atom is -0.369 e. The number of nitrogens with zero attached hydrogens (tertiary/aromatic N) is 3. The molecule has 0 spiro atoms. The van der Waals surface area contributed by atoms with Crippen molar-refractivity contribution < 1.29 is 4.74 Å². The van der Waals surface area contributed by atoms with E-state index in [0.29, 0.717) is 18.8 Å². The Labute approximate surface area is 96.2 Å². The third kappa shape index (κ3) is 2.59. The van der Waals surface area contributed by atoms with E-state index in [1.807, 2.05) is 14.1 Å². The summed E-state index contributed by atoms with van der Waals surface area (Å²) in [6, 6.07) is 0.488. The van der Waals surface area contributed by atoms with Crippen LogP contribution in [0.1, 0.15) is 31.5 Å². The maximum atomic E-state index is 5.93. The van der Waals surface area contributed by atoms with Gasteiger partial charge < -0.3 is 10.1 Å². The van der Waals surface area contributed by atoms with Crippen LogP contribution in [0.15, 0.2) is 6.33 Å². The quantitative estimate of drug-likeness (QED) is 0.824. The van der Waals surface area contributed by atoms with Gasteiger partial charge in [-0.2, -0.15) is 5.10 Å². The highest BCUT2D eigenvalue weighted by Gasteiger charge is 2.24. The molecular formula is C11H20N4O. The number of aromatic nitrogens is 3. The second-order valence-electron chi connectivity index (χ2n) is 4.33. The monoisotopic (exact) mass is 224 g/mol. The van der Waals surface area contributed by atoms with Gasteiger partial charge in [0.2, 0.25) is 0 Å². The molecule has 5 nitrogen and oxygen atoms in total. The number of likely N-dealkylation sites (N-methyl/N-ethyl adjacent to an activating group) is 1. The van der Waals surface area contributed by atoms with Crippen LogP contribution in [0.4, 0.5) is 0 Å². The summed E-state index contributed by atoms with van der Waals surface area (Å²) in [7, 11) is 3.90. The lowest BCUT2D eigenvalue weighted by atomic mass is 9.92. The van der Waals surface area contributed by atoms with E-state index in [0.717, 1.165) is 12.2 Å². The molecule has 90 valence electrons. The Bertz CT molecular complexity index is 326. The van der Waals surface area contributed by atoms with Gasteiger partial charge in [-0.1, -0.05) is 12.8 Å². The van der Waals surface area contributed by atoms with Gasteiger partial charge in [0, 0.05) is 13.1 Å². The lowest BCUT2D eigenvalue weighted by molar-refractivity contribution is -0.00763. The Hall–Kier alpha value is -0.940. The number of hydrogen-bond donors (Lipinski definition) is 1. The summed E-state index contributed by atoms with van der Waals surface area (Å²) < 4.78 is 7.69. The molecule has 1 aromatic rings. The predicted molar refractivity (Wildman–Crippen MR) is 60.9 cm³/mol. The maximum Gasteiger partial charge on any atom is 0.152 e. The molecular weight excluding hydrogens is 204 g/mol. The fourth-order valence-corrected chi connectivity index (χ4v) is 2.26. The second kappa shape index (κ2) is 5.41. The van der Waals surface area contributed by atoms with Crippen LogP contribution in [0.3, 0.4) is 0 Å². The highest BCUT2D eigenvalue weighted by atomic mass is 16.5. The molecule has 0 aliphatic heterocycles. The third-order valence-corrected chi connectivity index (χ3v) is 3.31. The van der Waals surface area contributed by atoms with Crippen LogP contribution < -0.4 is 5.32 Å². The molecule has 0 bridgehead atoms. The Morgan fingerprint density at radius 1 is 1.50 bits per heavy atom. The zero-order chi connectivity index (χ0) is 11.4. The summed E-state index contributed by atoms with van der Waals surface area (Å²) in [6.07, 6.45) is 6.80. The van der Waals surface area contributed by atoms with E-state index in [1.54, 1.807) is 11.0 Å². The van der Waals surface area contributed by atoms with Crippen molar-refractivity contribution in [2.24, 2.45) is 7.05 Å². The molecule has 1 saturated carbocycles. The third-order valence-electron chi connectivity index (χ3n) is 3.31. The minimum atomic E-state index is 0.315. The first-order valence-electron chi connectivity index (χ1n) is 5.93. The lowest BCUT2D eigenvalue weighted by Crippen LogP contribution is -2.41. The molecule has 1 aromatic heterocycles. The van der Waals surface area contributed by atoms with E-state index in [1.165, 1.54) is 19.3 Å². The fourth-order valence-electron chi connectivity index (χ4n) is 2.26. The molecule has 16 heavy (non-hydrogen) atoms. The molecule has 0 amide bonds. The summed E-state index contributed by atoms with van der Waals surface area (Å²) in [5, 5.41) is 7.36. The Kier molecular flexibility index (Phi) is 3.90. The van der Waals surface area contributed by atoms with Gasteiger partial charge in [-0.3, -0.25) is 4.68 Å². The number of ether oxygens (including phenoxy) is 1. The Balaban J connectivity index is 1.86. The SMILES string of the molecule is CNC1CCCCC1OCc1ncnn1C. The van der Waals surface area contributed by atoms with E-state index in [9.17, 15) is 0 Å². The predicted octanol–water partition coefficient (Wildman–Crippen LogP) is 0.862. The molecule has 1 aliphatic rings. The van der Waals surface area contributed by atoms with Crippen LogP contribution in [-0.4, -0.2) is 34.0 Å². The summed E-state index contributed by atoms with van der Waals surface area (Å²) in [4.78, 5) is 4.16. The van der Waals surface area contributed by atoms with E-state index >= 15 is 0 Å². The molecule has 1 N–H and O–H groups in total. The van der Waals surface area contributed by atoms with Crippen molar-refractivity contribution in [3.8, 4) is 0 Å². The van der Waals surface area contributed by atoms with Crippen LogP contribution >= 0.6 is 0 Å². The molecule has 0 radical (unpaired) electrons. The average Bonchev–Trinajstić information content (AvgIpc) is 2.72. The molecule has 1 aliphatic carbocycles. The Morgan fingerprint density at radius 3 is 3.00 bits per heavy atom. The Morgan fingerprint density at radius 2 is 2.31 bits per heavy atom.